The minimum atomic E-state index is 0.00993. The zero-order valence-electron chi connectivity index (χ0n) is 12.5. The van der Waals surface area contributed by atoms with Gasteiger partial charge in [0.15, 0.2) is 0 Å². The SMILES string of the molecule is Cc1cc(C(=O)N2CCCc3cc(Cl)cc(C)c32)c(C)o1. The van der Waals surface area contributed by atoms with E-state index in [1.807, 2.05) is 43.9 Å². The molecular formula is C17H18ClNO2. The maximum atomic E-state index is 12.9. The molecule has 2 aromatic rings. The molecule has 0 bridgehead atoms. The number of rotatable bonds is 1. The summed E-state index contributed by atoms with van der Waals surface area (Å²) in [6.07, 6.45) is 1.91. The third kappa shape index (κ3) is 2.46. The van der Waals surface area contributed by atoms with Crippen LogP contribution < -0.4 is 4.90 Å². The van der Waals surface area contributed by atoms with E-state index in [1.54, 1.807) is 0 Å². The molecule has 0 unspecified atom stereocenters. The molecule has 0 radical (unpaired) electrons. The van der Waals surface area contributed by atoms with E-state index in [9.17, 15) is 4.79 Å². The Morgan fingerprint density at radius 2 is 2.00 bits per heavy atom. The predicted octanol–water partition coefficient (Wildman–Crippen LogP) is 4.45. The third-order valence-corrected chi connectivity index (χ3v) is 4.18. The normalized spacial score (nSPS) is 14.2. The number of aryl methyl sites for hydroxylation is 4. The summed E-state index contributed by atoms with van der Waals surface area (Å²) in [6, 6.07) is 5.70. The lowest BCUT2D eigenvalue weighted by atomic mass is 9.97. The summed E-state index contributed by atoms with van der Waals surface area (Å²) in [7, 11) is 0. The Balaban J connectivity index is 2.06. The van der Waals surface area contributed by atoms with E-state index in [0.717, 1.165) is 47.0 Å². The van der Waals surface area contributed by atoms with Crippen molar-refractivity contribution in [3.8, 4) is 0 Å². The summed E-state index contributed by atoms with van der Waals surface area (Å²) in [6.45, 7) is 6.43. The van der Waals surface area contributed by atoms with Crippen LogP contribution in [-0.2, 0) is 6.42 Å². The first-order valence-electron chi connectivity index (χ1n) is 7.15. The largest absolute Gasteiger partial charge is 0.466 e. The molecule has 1 amide bonds. The van der Waals surface area contributed by atoms with Crippen molar-refractivity contribution in [1.82, 2.24) is 0 Å². The molecule has 0 aliphatic carbocycles. The predicted molar refractivity (Wildman–Crippen MR) is 84.4 cm³/mol. The molecule has 1 aromatic carbocycles. The monoisotopic (exact) mass is 303 g/mol. The summed E-state index contributed by atoms with van der Waals surface area (Å²) in [5, 5.41) is 0.732. The van der Waals surface area contributed by atoms with E-state index in [1.165, 1.54) is 0 Å². The molecule has 3 nitrogen and oxygen atoms in total. The number of hydrogen-bond donors (Lipinski definition) is 0. The number of amides is 1. The highest BCUT2D eigenvalue weighted by Gasteiger charge is 2.27. The number of nitrogens with zero attached hydrogens (tertiary/aromatic N) is 1. The van der Waals surface area contributed by atoms with Gasteiger partial charge < -0.3 is 9.32 Å². The molecule has 0 fully saturated rings. The van der Waals surface area contributed by atoms with Gasteiger partial charge in [0.05, 0.1) is 11.3 Å². The van der Waals surface area contributed by atoms with Crippen LogP contribution in [0.25, 0.3) is 0 Å². The van der Waals surface area contributed by atoms with Crippen molar-refractivity contribution < 1.29 is 9.21 Å². The van der Waals surface area contributed by atoms with E-state index in [-0.39, 0.29) is 5.91 Å². The number of fused-ring (bicyclic) bond motifs is 1. The second kappa shape index (κ2) is 5.23. The molecule has 1 aromatic heterocycles. The van der Waals surface area contributed by atoms with E-state index in [2.05, 4.69) is 0 Å². The highest BCUT2D eigenvalue weighted by atomic mass is 35.5. The molecule has 0 atom stereocenters. The Morgan fingerprint density at radius 1 is 1.24 bits per heavy atom. The minimum absolute atomic E-state index is 0.00993. The zero-order valence-corrected chi connectivity index (χ0v) is 13.3. The third-order valence-electron chi connectivity index (χ3n) is 3.96. The van der Waals surface area contributed by atoms with E-state index < -0.39 is 0 Å². The number of hydrogen-bond acceptors (Lipinski definition) is 2. The fourth-order valence-corrected chi connectivity index (χ4v) is 3.41. The molecule has 0 N–H and O–H groups in total. The first-order chi connectivity index (χ1) is 9.97. The lowest BCUT2D eigenvalue weighted by molar-refractivity contribution is 0.0983. The summed E-state index contributed by atoms with van der Waals surface area (Å²) in [4.78, 5) is 14.7. The molecule has 4 heteroatoms. The molecule has 3 rings (SSSR count). The molecule has 1 aliphatic heterocycles. The van der Waals surface area contributed by atoms with Crippen molar-refractivity contribution in [2.45, 2.75) is 33.6 Å². The van der Waals surface area contributed by atoms with E-state index in [0.29, 0.717) is 11.3 Å². The summed E-state index contributed by atoms with van der Waals surface area (Å²) < 4.78 is 5.50. The first kappa shape index (κ1) is 14.2. The average molecular weight is 304 g/mol. The van der Waals surface area contributed by atoms with Crippen molar-refractivity contribution in [2.24, 2.45) is 0 Å². The van der Waals surface area contributed by atoms with Crippen LogP contribution in [0.3, 0.4) is 0 Å². The number of carbonyl (C=O) groups excluding carboxylic acids is 1. The van der Waals surface area contributed by atoms with Crippen LogP contribution in [0.2, 0.25) is 5.02 Å². The van der Waals surface area contributed by atoms with E-state index >= 15 is 0 Å². The Morgan fingerprint density at radius 3 is 2.67 bits per heavy atom. The lowest BCUT2D eigenvalue weighted by Gasteiger charge is -2.31. The quantitative estimate of drug-likeness (QED) is 0.780. The van der Waals surface area contributed by atoms with Crippen molar-refractivity contribution in [3.63, 3.8) is 0 Å². The molecule has 0 saturated carbocycles. The van der Waals surface area contributed by atoms with Crippen LogP contribution in [-0.4, -0.2) is 12.5 Å². The van der Waals surface area contributed by atoms with Crippen molar-refractivity contribution in [3.05, 3.63) is 51.4 Å². The van der Waals surface area contributed by atoms with E-state index in [4.69, 9.17) is 16.0 Å². The molecule has 110 valence electrons. The Bertz CT molecular complexity index is 718. The van der Waals surface area contributed by atoms with Crippen LogP contribution in [0.1, 0.15) is 39.4 Å². The van der Waals surface area contributed by atoms with Gasteiger partial charge in [-0.3, -0.25) is 4.79 Å². The standard InChI is InChI=1S/C17H18ClNO2/c1-10-7-14(18)9-13-5-4-6-19(16(10)13)17(20)15-8-11(2)21-12(15)3/h7-9H,4-6H2,1-3H3. The molecule has 2 heterocycles. The fourth-order valence-electron chi connectivity index (χ4n) is 3.11. The zero-order chi connectivity index (χ0) is 15.1. The van der Waals surface area contributed by atoms with Crippen LogP contribution >= 0.6 is 11.6 Å². The van der Waals surface area contributed by atoms with Gasteiger partial charge in [-0.25, -0.2) is 0 Å². The van der Waals surface area contributed by atoms with Gasteiger partial charge in [-0.15, -0.1) is 0 Å². The molecule has 21 heavy (non-hydrogen) atoms. The maximum Gasteiger partial charge on any atom is 0.261 e. The average Bonchev–Trinajstić information content (AvgIpc) is 2.75. The van der Waals surface area contributed by atoms with Crippen LogP contribution in [0.4, 0.5) is 5.69 Å². The Kier molecular flexibility index (Phi) is 3.54. The van der Waals surface area contributed by atoms with Gasteiger partial charge in [0.25, 0.3) is 5.91 Å². The second-order valence-electron chi connectivity index (χ2n) is 5.62. The molecule has 0 saturated heterocycles. The summed E-state index contributed by atoms with van der Waals surface area (Å²) >= 11 is 6.14. The van der Waals surface area contributed by atoms with Crippen LogP contribution in [0.15, 0.2) is 22.6 Å². The van der Waals surface area contributed by atoms with Gasteiger partial charge in [-0.2, -0.15) is 0 Å². The van der Waals surface area contributed by atoms with Gasteiger partial charge >= 0.3 is 0 Å². The van der Waals surface area contributed by atoms with Gasteiger partial charge in [0.2, 0.25) is 0 Å². The number of benzene rings is 1. The minimum Gasteiger partial charge on any atom is -0.466 e. The molecule has 1 aliphatic rings. The van der Waals surface area contributed by atoms with Crippen LogP contribution in [0.5, 0.6) is 0 Å². The van der Waals surface area contributed by atoms with Gasteiger partial charge in [0.1, 0.15) is 11.5 Å². The van der Waals surface area contributed by atoms with Crippen LogP contribution in [0, 0.1) is 20.8 Å². The lowest BCUT2D eigenvalue weighted by Crippen LogP contribution is -2.36. The van der Waals surface area contributed by atoms with Crippen molar-refractivity contribution in [2.75, 3.05) is 11.4 Å². The molecule has 0 spiro atoms. The fraction of sp³-hybridized carbons (Fsp3) is 0.353. The second-order valence-corrected chi connectivity index (χ2v) is 6.05. The van der Waals surface area contributed by atoms with Crippen molar-refractivity contribution >= 4 is 23.2 Å². The maximum absolute atomic E-state index is 12.9. The highest BCUT2D eigenvalue weighted by Crippen LogP contribution is 2.34. The summed E-state index contributed by atoms with van der Waals surface area (Å²) in [5.74, 6) is 1.45. The first-order valence-corrected chi connectivity index (χ1v) is 7.53. The van der Waals surface area contributed by atoms with Gasteiger partial charge in [0, 0.05) is 11.6 Å². The Hall–Kier alpha value is -1.74. The number of furan rings is 1. The van der Waals surface area contributed by atoms with Crippen molar-refractivity contribution in [1.29, 1.82) is 0 Å². The number of anilines is 1. The topological polar surface area (TPSA) is 33.5 Å². The number of halogens is 1. The highest BCUT2D eigenvalue weighted by molar-refractivity contribution is 6.31. The Labute approximate surface area is 129 Å². The molecular weight excluding hydrogens is 286 g/mol. The smallest absolute Gasteiger partial charge is 0.261 e. The van der Waals surface area contributed by atoms with Gasteiger partial charge in [-0.05, 0) is 62.9 Å². The van der Waals surface area contributed by atoms with Gasteiger partial charge in [-0.1, -0.05) is 11.6 Å². The number of carbonyl (C=O) groups is 1. The summed E-state index contributed by atoms with van der Waals surface area (Å²) in [5.41, 5.74) is 3.85.